The Morgan fingerprint density at radius 1 is 1.24 bits per heavy atom. The van der Waals surface area contributed by atoms with Crippen molar-refractivity contribution in [3.63, 3.8) is 0 Å². The Labute approximate surface area is 204 Å². The number of aromatic nitrogens is 3. The summed E-state index contributed by atoms with van der Waals surface area (Å²) in [5.41, 5.74) is 3.92. The summed E-state index contributed by atoms with van der Waals surface area (Å²) in [6.45, 7) is 12.3. The molecule has 174 valence electrons. The SMILES string of the molecule is C=CCn1c(SCC(=O)Nc2ccc(CC)cc2)nnc1C(C)Oc1cc(C)c(Cl)c(C)c1. The van der Waals surface area contributed by atoms with Crippen LogP contribution < -0.4 is 10.1 Å². The van der Waals surface area contributed by atoms with Crippen LogP contribution in [0, 0.1) is 13.8 Å². The van der Waals surface area contributed by atoms with Crippen LogP contribution in [-0.2, 0) is 17.8 Å². The summed E-state index contributed by atoms with van der Waals surface area (Å²) >= 11 is 7.60. The Morgan fingerprint density at radius 3 is 2.52 bits per heavy atom. The molecule has 1 heterocycles. The number of benzene rings is 2. The second kappa shape index (κ2) is 11.4. The van der Waals surface area contributed by atoms with Crippen molar-refractivity contribution in [2.24, 2.45) is 0 Å². The zero-order valence-electron chi connectivity index (χ0n) is 19.4. The molecule has 0 aliphatic carbocycles. The van der Waals surface area contributed by atoms with Gasteiger partial charge in [-0.15, -0.1) is 16.8 Å². The number of rotatable bonds is 10. The van der Waals surface area contributed by atoms with Gasteiger partial charge >= 0.3 is 0 Å². The average Bonchev–Trinajstić information content (AvgIpc) is 3.19. The molecule has 3 rings (SSSR count). The predicted octanol–water partition coefficient (Wildman–Crippen LogP) is 6.17. The number of nitrogens with one attached hydrogen (secondary N) is 1. The van der Waals surface area contributed by atoms with Crippen molar-refractivity contribution in [2.45, 2.75) is 51.9 Å². The third kappa shape index (κ3) is 6.39. The van der Waals surface area contributed by atoms with E-state index >= 15 is 0 Å². The number of halogens is 1. The lowest BCUT2D eigenvalue weighted by Gasteiger charge is -2.17. The maximum Gasteiger partial charge on any atom is 0.234 e. The van der Waals surface area contributed by atoms with Crippen molar-refractivity contribution >= 4 is 35.0 Å². The highest BCUT2D eigenvalue weighted by Crippen LogP contribution is 2.30. The zero-order valence-corrected chi connectivity index (χ0v) is 21.0. The van der Waals surface area contributed by atoms with Crippen molar-refractivity contribution in [2.75, 3.05) is 11.1 Å². The second-order valence-electron chi connectivity index (χ2n) is 7.76. The molecule has 1 amide bonds. The molecular formula is C25H29ClN4O2S. The van der Waals surface area contributed by atoms with Gasteiger partial charge in [-0.2, -0.15) is 0 Å². The number of carbonyl (C=O) groups excluding carboxylic acids is 1. The van der Waals surface area contributed by atoms with E-state index in [1.165, 1.54) is 17.3 Å². The number of allylic oxidation sites excluding steroid dienone is 1. The largest absolute Gasteiger partial charge is 0.483 e. The Morgan fingerprint density at radius 2 is 1.91 bits per heavy atom. The van der Waals surface area contributed by atoms with Gasteiger partial charge in [-0.3, -0.25) is 9.36 Å². The molecule has 0 spiro atoms. The van der Waals surface area contributed by atoms with Gasteiger partial charge in [0.15, 0.2) is 17.1 Å². The first-order valence-corrected chi connectivity index (χ1v) is 12.2. The molecular weight excluding hydrogens is 456 g/mol. The summed E-state index contributed by atoms with van der Waals surface area (Å²) < 4.78 is 8.05. The van der Waals surface area contributed by atoms with E-state index in [9.17, 15) is 4.79 Å². The molecule has 33 heavy (non-hydrogen) atoms. The fraction of sp³-hybridized carbons (Fsp3) is 0.320. The Bertz CT molecular complexity index is 1100. The molecule has 0 aliphatic rings. The minimum atomic E-state index is -0.349. The van der Waals surface area contributed by atoms with Gasteiger partial charge in [-0.05, 0) is 68.1 Å². The average molecular weight is 485 g/mol. The van der Waals surface area contributed by atoms with Gasteiger partial charge in [-0.1, -0.05) is 48.5 Å². The maximum absolute atomic E-state index is 12.4. The van der Waals surface area contributed by atoms with E-state index in [0.717, 1.165) is 34.0 Å². The standard InChI is InChI=1S/C25H29ClN4O2S/c1-6-12-30-24(18(5)32-21-13-16(3)23(26)17(4)14-21)28-29-25(30)33-15-22(31)27-20-10-8-19(7-2)9-11-20/h6,8-11,13-14,18H,1,7,12,15H2,2-5H3,(H,27,31). The first kappa shape index (κ1) is 24.9. The number of carbonyl (C=O) groups is 1. The lowest BCUT2D eigenvalue weighted by Crippen LogP contribution is -2.15. The Hall–Kier alpha value is -2.77. The van der Waals surface area contributed by atoms with E-state index in [-0.39, 0.29) is 17.8 Å². The van der Waals surface area contributed by atoms with Gasteiger partial charge in [0.25, 0.3) is 0 Å². The number of anilines is 1. The van der Waals surface area contributed by atoms with E-state index in [0.29, 0.717) is 17.5 Å². The summed E-state index contributed by atoms with van der Waals surface area (Å²) in [6.07, 6.45) is 2.39. The lowest BCUT2D eigenvalue weighted by atomic mass is 10.1. The van der Waals surface area contributed by atoms with Crippen molar-refractivity contribution in [1.29, 1.82) is 0 Å². The molecule has 8 heteroatoms. The van der Waals surface area contributed by atoms with Crippen LogP contribution in [-0.4, -0.2) is 26.4 Å². The quantitative estimate of drug-likeness (QED) is 0.275. The van der Waals surface area contributed by atoms with Crippen LogP contribution in [0.5, 0.6) is 5.75 Å². The second-order valence-corrected chi connectivity index (χ2v) is 9.08. The van der Waals surface area contributed by atoms with Crippen molar-refractivity contribution in [3.05, 3.63) is 76.6 Å². The van der Waals surface area contributed by atoms with Crippen molar-refractivity contribution in [3.8, 4) is 5.75 Å². The highest BCUT2D eigenvalue weighted by atomic mass is 35.5. The van der Waals surface area contributed by atoms with Gasteiger partial charge in [0.05, 0.1) is 5.75 Å². The third-order valence-electron chi connectivity index (χ3n) is 5.12. The highest BCUT2D eigenvalue weighted by Gasteiger charge is 2.20. The smallest absolute Gasteiger partial charge is 0.234 e. The molecule has 1 unspecified atom stereocenters. The molecule has 3 aromatic rings. The summed E-state index contributed by atoms with van der Waals surface area (Å²) in [5.74, 6) is 1.50. The molecule has 2 aromatic carbocycles. The van der Waals surface area contributed by atoms with Crippen LogP contribution >= 0.6 is 23.4 Å². The Kier molecular flexibility index (Phi) is 8.58. The van der Waals surface area contributed by atoms with Crippen molar-refractivity contribution < 1.29 is 9.53 Å². The van der Waals surface area contributed by atoms with Gasteiger partial charge in [0.1, 0.15) is 5.75 Å². The normalized spacial score (nSPS) is 11.8. The monoisotopic (exact) mass is 484 g/mol. The molecule has 1 atom stereocenters. The maximum atomic E-state index is 12.4. The van der Waals surface area contributed by atoms with Crippen LogP contribution in [0.2, 0.25) is 5.02 Å². The third-order valence-corrected chi connectivity index (χ3v) is 6.68. The van der Waals surface area contributed by atoms with Crippen LogP contribution in [0.3, 0.4) is 0 Å². The number of thioether (sulfide) groups is 1. The van der Waals surface area contributed by atoms with Gasteiger partial charge in [0, 0.05) is 17.3 Å². The van der Waals surface area contributed by atoms with Crippen LogP contribution in [0.25, 0.3) is 0 Å². The topological polar surface area (TPSA) is 69.0 Å². The summed E-state index contributed by atoms with van der Waals surface area (Å²) in [6, 6.07) is 11.7. The molecule has 0 bridgehead atoms. The summed E-state index contributed by atoms with van der Waals surface area (Å²) in [7, 11) is 0. The van der Waals surface area contributed by atoms with Gasteiger partial charge in [0.2, 0.25) is 5.91 Å². The fourth-order valence-corrected chi connectivity index (χ4v) is 4.25. The first-order valence-electron chi connectivity index (χ1n) is 10.8. The van der Waals surface area contributed by atoms with E-state index in [1.54, 1.807) is 6.08 Å². The molecule has 0 fully saturated rings. The van der Waals surface area contributed by atoms with Crippen LogP contribution in [0.4, 0.5) is 5.69 Å². The molecule has 6 nitrogen and oxygen atoms in total. The zero-order chi connectivity index (χ0) is 24.0. The van der Waals surface area contributed by atoms with Gasteiger partial charge in [-0.25, -0.2) is 0 Å². The number of aryl methyl sites for hydroxylation is 3. The molecule has 0 aliphatic heterocycles. The number of nitrogens with zero attached hydrogens (tertiary/aromatic N) is 3. The minimum Gasteiger partial charge on any atom is -0.483 e. The van der Waals surface area contributed by atoms with E-state index < -0.39 is 0 Å². The highest BCUT2D eigenvalue weighted by molar-refractivity contribution is 7.99. The summed E-state index contributed by atoms with van der Waals surface area (Å²) in [5, 5.41) is 12.9. The van der Waals surface area contributed by atoms with E-state index in [2.05, 4.69) is 29.0 Å². The summed E-state index contributed by atoms with van der Waals surface area (Å²) in [4.78, 5) is 12.4. The first-order chi connectivity index (χ1) is 15.8. The van der Waals surface area contributed by atoms with E-state index in [1.807, 2.05) is 61.7 Å². The van der Waals surface area contributed by atoms with Crippen LogP contribution in [0.15, 0.2) is 54.2 Å². The number of ether oxygens (including phenoxy) is 1. The fourth-order valence-electron chi connectivity index (χ4n) is 3.39. The predicted molar refractivity (Wildman–Crippen MR) is 135 cm³/mol. The lowest BCUT2D eigenvalue weighted by molar-refractivity contribution is -0.113. The molecule has 1 N–H and O–H groups in total. The Balaban J connectivity index is 1.68. The molecule has 1 aromatic heterocycles. The van der Waals surface area contributed by atoms with Gasteiger partial charge < -0.3 is 10.1 Å². The minimum absolute atomic E-state index is 0.102. The van der Waals surface area contributed by atoms with E-state index in [4.69, 9.17) is 16.3 Å². The number of amides is 1. The molecule has 0 saturated heterocycles. The van der Waals surface area contributed by atoms with Crippen LogP contribution in [0.1, 0.15) is 42.5 Å². The molecule has 0 saturated carbocycles. The number of hydrogen-bond acceptors (Lipinski definition) is 5. The van der Waals surface area contributed by atoms with Crippen molar-refractivity contribution in [1.82, 2.24) is 14.8 Å². The molecule has 0 radical (unpaired) electrons. The number of hydrogen-bond donors (Lipinski definition) is 1.